The number of rotatable bonds is 12. The van der Waals surface area contributed by atoms with E-state index in [1.807, 2.05) is 38.4 Å². The molecule has 0 heterocycles. The zero-order valence-corrected chi connectivity index (χ0v) is 25.5. The predicted octanol–water partition coefficient (Wildman–Crippen LogP) is 5.81. The van der Waals surface area contributed by atoms with Crippen molar-refractivity contribution < 1.29 is 19.5 Å². The summed E-state index contributed by atoms with van der Waals surface area (Å²) in [5.74, 6) is 0.987. The van der Waals surface area contributed by atoms with E-state index in [1.165, 1.54) is 0 Å². The zero-order valence-electron chi connectivity index (χ0n) is 19.1. The third-order valence-corrected chi connectivity index (χ3v) is 7.13. The summed E-state index contributed by atoms with van der Waals surface area (Å²) in [6.45, 7) is 1.96. The van der Waals surface area contributed by atoms with Gasteiger partial charge in [-0.05, 0) is 126 Å². The lowest BCUT2D eigenvalue weighted by molar-refractivity contribution is -0.115. The molecule has 0 atom stereocenters. The zero-order chi connectivity index (χ0) is 25.3. The third kappa shape index (κ3) is 8.82. The number of halogens is 4. The Bertz CT molecular complexity index is 985. The minimum Gasteiger partial charge on any atom is -0.494 e. The summed E-state index contributed by atoms with van der Waals surface area (Å²) in [5.41, 5.74) is 1.83. The van der Waals surface area contributed by atoms with Crippen LogP contribution in [-0.2, 0) is 17.6 Å². The molecule has 0 aliphatic heterocycles. The molecule has 0 aliphatic carbocycles. The first-order valence-electron chi connectivity index (χ1n) is 10.4. The highest BCUT2D eigenvalue weighted by molar-refractivity contribution is 9.11. The molecule has 186 valence electrons. The molecule has 0 unspecified atom stereocenters. The highest BCUT2D eigenvalue weighted by Gasteiger charge is 2.16. The summed E-state index contributed by atoms with van der Waals surface area (Å²) in [4.78, 5) is 14.7. The van der Waals surface area contributed by atoms with Gasteiger partial charge in [-0.15, -0.1) is 0 Å². The molecule has 0 bridgehead atoms. The second-order valence-electron chi connectivity index (χ2n) is 7.72. The van der Waals surface area contributed by atoms with E-state index in [-0.39, 0.29) is 12.1 Å². The Morgan fingerprint density at radius 3 is 2.09 bits per heavy atom. The van der Waals surface area contributed by atoms with Crippen molar-refractivity contribution in [2.75, 3.05) is 40.9 Å². The molecule has 0 spiro atoms. The normalized spacial score (nSPS) is 11.6. The third-order valence-electron chi connectivity index (χ3n) is 4.77. The van der Waals surface area contributed by atoms with Crippen molar-refractivity contribution in [1.82, 2.24) is 10.2 Å². The number of oxime groups is 1. The molecule has 34 heavy (non-hydrogen) atoms. The van der Waals surface area contributed by atoms with Crippen LogP contribution in [0.2, 0.25) is 0 Å². The van der Waals surface area contributed by atoms with Crippen molar-refractivity contribution in [2.24, 2.45) is 5.16 Å². The average molecular weight is 729 g/mol. The number of carbonyl (C=O) groups is 1. The molecule has 2 aromatic rings. The largest absolute Gasteiger partial charge is 0.494 e. The van der Waals surface area contributed by atoms with Gasteiger partial charge >= 0.3 is 0 Å². The molecule has 2 aromatic carbocycles. The maximum atomic E-state index is 12.6. The standard InChI is InChI=1S/C23H27Br4N3O4/c1-30(2)7-4-8-34-22-18(26)9-14(10-19(22)27)5-6-28-23(31)20(29-32)13-15-11-16(24)21(33-3)17(25)12-15/h9-12,32H,4-8,13H2,1-3H3,(H,28,31). The molecule has 11 heteroatoms. The number of ether oxygens (including phenoxy) is 2. The number of methoxy groups -OCH3 is 1. The van der Waals surface area contributed by atoms with Gasteiger partial charge in [-0.25, -0.2) is 0 Å². The van der Waals surface area contributed by atoms with Crippen molar-refractivity contribution in [2.45, 2.75) is 19.3 Å². The summed E-state index contributed by atoms with van der Waals surface area (Å²) in [6.07, 6.45) is 1.70. The SMILES string of the molecule is COc1c(Br)cc(CC(=NO)C(=O)NCCc2cc(Br)c(OCCCN(C)C)c(Br)c2)cc1Br. The van der Waals surface area contributed by atoms with Crippen LogP contribution in [0.5, 0.6) is 11.5 Å². The van der Waals surface area contributed by atoms with Gasteiger partial charge in [-0.2, -0.15) is 0 Å². The van der Waals surface area contributed by atoms with E-state index in [0.29, 0.717) is 25.3 Å². The first kappa shape index (κ1) is 29.1. The van der Waals surface area contributed by atoms with Crippen LogP contribution >= 0.6 is 63.7 Å². The molecule has 0 radical (unpaired) electrons. The Kier molecular flexibility index (Phi) is 12.3. The van der Waals surface area contributed by atoms with Gasteiger partial charge in [0.2, 0.25) is 0 Å². The summed E-state index contributed by atoms with van der Waals surface area (Å²) in [5, 5.41) is 15.4. The van der Waals surface area contributed by atoms with Gasteiger partial charge in [0.25, 0.3) is 5.91 Å². The number of hydrogen-bond acceptors (Lipinski definition) is 6. The number of nitrogens with zero attached hydrogens (tertiary/aromatic N) is 2. The first-order valence-corrected chi connectivity index (χ1v) is 13.6. The van der Waals surface area contributed by atoms with Gasteiger partial charge in [0.1, 0.15) is 17.2 Å². The molecular weight excluding hydrogens is 702 g/mol. The van der Waals surface area contributed by atoms with E-state index in [4.69, 9.17) is 9.47 Å². The van der Waals surface area contributed by atoms with E-state index in [0.717, 1.165) is 47.7 Å². The molecule has 0 aliphatic rings. The molecular formula is C23H27Br4N3O4. The molecule has 7 nitrogen and oxygen atoms in total. The maximum Gasteiger partial charge on any atom is 0.269 e. The van der Waals surface area contributed by atoms with Crippen molar-refractivity contribution in [3.8, 4) is 11.5 Å². The van der Waals surface area contributed by atoms with E-state index in [2.05, 4.69) is 79.1 Å². The van der Waals surface area contributed by atoms with Gasteiger partial charge in [0, 0.05) is 19.5 Å². The van der Waals surface area contributed by atoms with Gasteiger partial charge < -0.3 is 24.9 Å². The van der Waals surface area contributed by atoms with Crippen LogP contribution in [0, 0.1) is 0 Å². The minimum atomic E-state index is -0.426. The second-order valence-corrected chi connectivity index (χ2v) is 11.1. The lowest BCUT2D eigenvalue weighted by atomic mass is 10.1. The Hall–Kier alpha value is -1.14. The van der Waals surface area contributed by atoms with Gasteiger partial charge in [-0.3, -0.25) is 4.79 Å². The number of nitrogens with one attached hydrogen (secondary N) is 1. The fourth-order valence-corrected chi connectivity index (χ4v) is 6.25. The predicted molar refractivity (Wildman–Crippen MR) is 149 cm³/mol. The smallest absolute Gasteiger partial charge is 0.269 e. The van der Waals surface area contributed by atoms with Crippen LogP contribution in [0.1, 0.15) is 17.5 Å². The molecule has 2 rings (SSSR count). The summed E-state index contributed by atoms with van der Waals surface area (Å²) >= 11 is 14.0. The molecule has 0 saturated carbocycles. The van der Waals surface area contributed by atoms with Crippen LogP contribution in [0.3, 0.4) is 0 Å². The fraction of sp³-hybridized carbons (Fsp3) is 0.391. The monoisotopic (exact) mass is 725 g/mol. The summed E-state index contributed by atoms with van der Waals surface area (Å²) in [6, 6.07) is 7.60. The summed E-state index contributed by atoms with van der Waals surface area (Å²) in [7, 11) is 5.64. The highest BCUT2D eigenvalue weighted by Crippen LogP contribution is 2.35. The molecule has 0 saturated heterocycles. The van der Waals surface area contributed by atoms with Crippen LogP contribution in [-0.4, -0.2) is 62.6 Å². The molecule has 0 aromatic heterocycles. The number of benzene rings is 2. The Balaban J connectivity index is 1.92. The second kappa shape index (κ2) is 14.4. The van der Waals surface area contributed by atoms with Crippen LogP contribution in [0.4, 0.5) is 0 Å². The average Bonchev–Trinajstić information content (AvgIpc) is 2.76. The maximum absolute atomic E-state index is 12.6. The lowest BCUT2D eigenvalue weighted by Gasteiger charge is -2.14. The van der Waals surface area contributed by atoms with E-state index in [1.54, 1.807) is 7.11 Å². The van der Waals surface area contributed by atoms with Crippen LogP contribution in [0.15, 0.2) is 47.3 Å². The summed E-state index contributed by atoms with van der Waals surface area (Å²) < 4.78 is 14.4. The number of hydrogen-bond donors (Lipinski definition) is 2. The Labute approximate surface area is 233 Å². The van der Waals surface area contributed by atoms with Crippen molar-refractivity contribution in [3.63, 3.8) is 0 Å². The number of carbonyl (C=O) groups excluding carboxylic acids is 1. The van der Waals surface area contributed by atoms with Crippen molar-refractivity contribution >= 4 is 75.3 Å². The van der Waals surface area contributed by atoms with E-state index in [9.17, 15) is 10.0 Å². The molecule has 1 amide bonds. The number of amides is 1. The first-order chi connectivity index (χ1) is 16.2. The highest BCUT2D eigenvalue weighted by atomic mass is 79.9. The van der Waals surface area contributed by atoms with Crippen molar-refractivity contribution in [3.05, 3.63) is 53.3 Å². The van der Waals surface area contributed by atoms with Crippen molar-refractivity contribution in [1.29, 1.82) is 0 Å². The van der Waals surface area contributed by atoms with Gasteiger partial charge in [-0.1, -0.05) is 5.16 Å². The molecule has 0 fully saturated rings. The Morgan fingerprint density at radius 1 is 1.00 bits per heavy atom. The molecule has 2 N–H and O–H groups in total. The van der Waals surface area contributed by atoms with E-state index < -0.39 is 5.91 Å². The van der Waals surface area contributed by atoms with Crippen LogP contribution < -0.4 is 14.8 Å². The van der Waals surface area contributed by atoms with Crippen LogP contribution in [0.25, 0.3) is 0 Å². The van der Waals surface area contributed by atoms with E-state index >= 15 is 0 Å². The van der Waals surface area contributed by atoms with Gasteiger partial charge in [0.15, 0.2) is 0 Å². The Morgan fingerprint density at radius 2 is 1.56 bits per heavy atom. The quantitative estimate of drug-likeness (QED) is 0.125. The fourth-order valence-electron chi connectivity index (χ4n) is 3.14. The van der Waals surface area contributed by atoms with Gasteiger partial charge in [0.05, 0.1) is 31.6 Å². The topological polar surface area (TPSA) is 83.4 Å². The minimum absolute atomic E-state index is 0.0211. The lowest BCUT2D eigenvalue weighted by Crippen LogP contribution is -2.33.